The van der Waals surface area contributed by atoms with Crippen LogP contribution < -0.4 is 5.32 Å². The molecule has 0 saturated carbocycles. The van der Waals surface area contributed by atoms with E-state index in [-0.39, 0.29) is 20.0 Å². The summed E-state index contributed by atoms with van der Waals surface area (Å²) in [4.78, 5) is 1.79. The Labute approximate surface area is 83.5 Å². The Bertz CT molecular complexity index is 153. The Morgan fingerprint density at radius 1 is 1.43 bits per heavy atom. The zero-order valence-corrected chi connectivity index (χ0v) is 7.69. The van der Waals surface area contributed by atoms with Crippen LogP contribution in [-0.4, -0.2) is 43.8 Å². The third kappa shape index (κ3) is 4.81. The maximum absolute atomic E-state index is 11.9. The average molecular weight is 212 g/mol. The van der Waals surface area contributed by atoms with Crippen molar-refractivity contribution in [1.82, 2.24) is 10.2 Å². The second-order valence-corrected chi connectivity index (χ2v) is 3.49. The van der Waals surface area contributed by atoms with Gasteiger partial charge in [0.15, 0.2) is 0 Å². The topological polar surface area (TPSA) is 15.3 Å². The summed E-state index contributed by atoms with van der Waals surface area (Å²) in [5, 5.41) is 3.13. The van der Waals surface area contributed by atoms with Crippen molar-refractivity contribution >= 4 is 0 Å². The number of likely N-dealkylation sites (N-methyl/N-ethyl adjacent to an activating group) is 1. The van der Waals surface area contributed by atoms with Crippen LogP contribution in [0.2, 0.25) is 0 Å². The fourth-order valence-electron chi connectivity index (χ4n) is 1.50. The highest BCUT2D eigenvalue weighted by Crippen LogP contribution is 2.20. The molecule has 86 valence electrons. The highest BCUT2D eigenvalue weighted by molar-refractivity contribution is 4.78. The summed E-state index contributed by atoms with van der Waals surface area (Å²) in [6.45, 7) is 1.84. The molecule has 1 fully saturated rings. The summed E-state index contributed by atoms with van der Waals surface area (Å²) < 4.78 is 35.6. The van der Waals surface area contributed by atoms with Crippen molar-refractivity contribution in [2.75, 3.05) is 26.7 Å². The zero-order chi connectivity index (χ0) is 9.90. The van der Waals surface area contributed by atoms with Crippen LogP contribution in [0.25, 0.3) is 0 Å². The number of rotatable bonds is 3. The van der Waals surface area contributed by atoms with Gasteiger partial charge in [0, 0.05) is 19.1 Å². The molecule has 0 aliphatic carbocycles. The van der Waals surface area contributed by atoms with Crippen LogP contribution in [0.5, 0.6) is 0 Å². The van der Waals surface area contributed by atoms with E-state index in [1.165, 1.54) is 0 Å². The summed E-state index contributed by atoms with van der Waals surface area (Å²) >= 11 is 0. The maximum atomic E-state index is 11.9. The van der Waals surface area contributed by atoms with E-state index in [4.69, 9.17) is 0 Å². The lowest BCUT2D eigenvalue weighted by atomic mass is 10.2. The fourth-order valence-corrected chi connectivity index (χ4v) is 1.50. The summed E-state index contributed by atoms with van der Waals surface area (Å²) in [7, 11) is 1.75. The molecule has 0 aromatic rings. The first-order chi connectivity index (χ1) is 5.99. The van der Waals surface area contributed by atoms with Crippen molar-refractivity contribution in [3.05, 3.63) is 0 Å². The lowest BCUT2D eigenvalue weighted by Crippen LogP contribution is -2.35. The molecule has 1 aliphatic heterocycles. The van der Waals surface area contributed by atoms with Crippen molar-refractivity contribution in [3.8, 4) is 0 Å². The van der Waals surface area contributed by atoms with Crippen molar-refractivity contribution in [2.45, 2.75) is 32.5 Å². The summed E-state index contributed by atoms with van der Waals surface area (Å²) in [6, 6.07) is 0.280. The van der Waals surface area contributed by atoms with Gasteiger partial charge in [-0.25, -0.2) is 0 Å². The van der Waals surface area contributed by atoms with E-state index in [0.29, 0.717) is 0 Å². The molecule has 0 unspecified atom stereocenters. The van der Waals surface area contributed by atoms with Gasteiger partial charge in [0.2, 0.25) is 0 Å². The van der Waals surface area contributed by atoms with Crippen LogP contribution in [0, 0.1) is 0 Å². The minimum Gasteiger partial charge on any atom is -0.315 e. The first kappa shape index (κ1) is 13.7. The van der Waals surface area contributed by atoms with Crippen molar-refractivity contribution in [1.29, 1.82) is 0 Å². The molecule has 1 aliphatic rings. The Morgan fingerprint density at radius 2 is 2.07 bits per heavy atom. The van der Waals surface area contributed by atoms with Gasteiger partial charge in [0.05, 0.1) is 6.42 Å². The molecule has 0 aromatic carbocycles. The second-order valence-electron chi connectivity index (χ2n) is 3.49. The van der Waals surface area contributed by atoms with E-state index in [9.17, 15) is 13.2 Å². The molecule has 1 saturated heterocycles. The van der Waals surface area contributed by atoms with Crippen LogP contribution in [-0.2, 0) is 0 Å². The van der Waals surface area contributed by atoms with E-state index < -0.39 is 12.6 Å². The van der Waals surface area contributed by atoms with E-state index in [1.807, 2.05) is 0 Å². The molecule has 5 heteroatoms. The van der Waals surface area contributed by atoms with Gasteiger partial charge in [-0.2, -0.15) is 13.2 Å². The summed E-state index contributed by atoms with van der Waals surface area (Å²) in [5.41, 5.74) is 0. The standard InChI is InChI=1S/C8H15F3N2.CH4/c1-13(5-3-8(9,10)11)7-2-4-12-6-7;/h7,12H,2-6H2,1H3;1H4/t7-;/m1./s1. The Morgan fingerprint density at radius 3 is 2.50 bits per heavy atom. The largest absolute Gasteiger partial charge is 0.390 e. The van der Waals surface area contributed by atoms with Gasteiger partial charge < -0.3 is 10.2 Å². The SMILES string of the molecule is C.CN(CCC(F)(F)F)[C@@H]1CCNC1. The summed E-state index contributed by atoms with van der Waals surface area (Å²) in [6.07, 6.45) is -3.78. The van der Waals surface area contributed by atoms with Crippen molar-refractivity contribution < 1.29 is 13.2 Å². The van der Waals surface area contributed by atoms with E-state index in [1.54, 1.807) is 11.9 Å². The second kappa shape index (κ2) is 5.56. The first-order valence-electron chi connectivity index (χ1n) is 4.47. The smallest absolute Gasteiger partial charge is 0.315 e. The first-order valence-corrected chi connectivity index (χ1v) is 4.47. The number of alkyl halides is 3. The molecule has 0 radical (unpaired) electrons. The van der Waals surface area contributed by atoms with Gasteiger partial charge in [-0.1, -0.05) is 7.43 Å². The van der Waals surface area contributed by atoms with Crippen LogP contribution >= 0.6 is 0 Å². The predicted molar refractivity (Wildman–Crippen MR) is 51.3 cm³/mol. The van der Waals surface area contributed by atoms with Gasteiger partial charge in [-0.3, -0.25) is 0 Å². The number of hydrogen-bond acceptors (Lipinski definition) is 2. The number of nitrogens with one attached hydrogen (secondary N) is 1. The molecule has 1 rings (SSSR count). The van der Waals surface area contributed by atoms with E-state index >= 15 is 0 Å². The minimum atomic E-state index is -4.03. The van der Waals surface area contributed by atoms with Gasteiger partial charge in [-0.05, 0) is 20.0 Å². The zero-order valence-electron chi connectivity index (χ0n) is 7.69. The Balaban J connectivity index is 0.00000169. The molecular formula is C9H19F3N2. The fraction of sp³-hybridized carbons (Fsp3) is 1.00. The number of nitrogens with zero attached hydrogens (tertiary/aromatic N) is 1. The van der Waals surface area contributed by atoms with Crippen LogP contribution in [0.4, 0.5) is 13.2 Å². The molecule has 1 atom stereocenters. The third-order valence-corrected chi connectivity index (χ3v) is 2.41. The lowest BCUT2D eigenvalue weighted by molar-refractivity contribution is -0.138. The third-order valence-electron chi connectivity index (χ3n) is 2.41. The lowest BCUT2D eigenvalue weighted by Gasteiger charge is -2.23. The average Bonchev–Trinajstić information content (AvgIpc) is 2.50. The molecule has 0 bridgehead atoms. The molecular weight excluding hydrogens is 193 g/mol. The van der Waals surface area contributed by atoms with Gasteiger partial charge in [-0.15, -0.1) is 0 Å². The molecule has 0 amide bonds. The number of hydrogen-bond donors (Lipinski definition) is 1. The summed E-state index contributed by atoms with van der Waals surface area (Å²) in [5.74, 6) is 0. The van der Waals surface area contributed by atoms with Crippen molar-refractivity contribution in [2.24, 2.45) is 0 Å². The quantitative estimate of drug-likeness (QED) is 0.768. The van der Waals surface area contributed by atoms with Crippen LogP contribution in [0.1, 0.15) is 20.3 Å². The molecule has 14 heavy (non-hydrogen) atoms. The molecule has 1 N–H and O–H groups in total. The molecule has 0 aromatic heterocycles. The van der Waals surface area contributed by atoms with E-state index in [0.717, 1.165) is 19.5 Å². The van der Waals surface area contributed by atoms with Crippen LogP contribution in [0.3, 0.4) is 0 Å². The monoisotopic (exact) mass is 212 g/mol. The van der Waals surface area contributed by atoms with Gasteiger partial charge in [0.25, 0.3) is 0 Å². The highest BCUT2D eigenvalue weighted by Gasteiger charge is 2.29. The normalized spacial score (nSPS) is 22.5. The Hall–Kier alpha value is -0.290. The van der Waals surface area contributed by atoms with Gasteiger partial charge in [0.1, 0.15) is 0 Å². The molecule has 2 nitrogen and oxygen atoms in total. The van der Waals surface area contributed by atoms with E-state index in [2.05, 4.69) is 5.32 Å². The molecule has 0 spiro atoms. The predicted octanol–water partition coefficient (Wildman–Crippen LogP) is 1.87. The van der Waals surface area contributed by atoms with Gasteiger partial charge >= 0.3 is 6.18 Å². The minimum absolute atomic E-state index is 0. The van der Waals surface area contributed by atoms with Crippen LogP contribution in [0.15, 0.2) is 0 Å². The maximum Gasteiger partial charge on any atom is 0.390 e. The Kier molecular flexibility index (Phi) is 5.44. The van der Waals surface area contributed by atoms with Crippen molar-refractivity contribution in [3.63, 3.8) is 0 Å². The number of halogens is 3. The highest BCUT2D eigenvalue weighted by atomic mass is 19.4. The molecule has 1 heterocycles.